The van der Waals surface area contributed by atoms with Crippen molar-refractivity contribution in [2.75, 3.05) is 17.4 Å². The number of carbonyl (C=O) groups is 1. The number of fused-ring (bicyclic) bond motifs is 2. The number of hydrazine groups is 1. The van der Waals surface area contributed by atoms with Crippen molar-refractivity contribution in [1.82, 2.24) is 9.58 Å². The number of likely N-dealkylation sites (N-methyl/N-ethyl adjacent to an activating group) is 1. The van der Waals surface area contributed by atoms with Crippen LogP contribution in [0.1, 0.15) is 24.3 Å². The van der Waals surface area contributed by atoms with Gasteiger partial charge in [0.25, 0.3) is 0 Å². The highest BCUT2D eigenvalue weighted by Gasteiger charge is 2.43. The molecule has 0 aliphatic carbocycles. The second kappa shape index (κ2) is 8.23. The first kappa shape index (κ1) is 21.8. The maximum absolute atomic E-state index is 12.0. The van der Waals surface area contributed by atoms with Gasteiger partial charge in [-0.25, -0.2) is 4.99 Å². The summed E-state index contributed by atoms with van der Waals surface area (Å²) in [6, 6.07) is 15.9. The van der Waals surface area contributed by atoms with Gasteiger partial charge in [0.2, 0.25) is 5.91 Å². The Labute approximate surface area is 202 Å². The number of benzene rings is 2. The summed E-state index contributed by atoms with van der Waals surface area (Å²) < 4.78 is 7.72. The fourth-order valence-corrected chi connectivity index (χ4v) is 5.08. The maximum Gasteiger partial charge on any atom is 0.231 e. The molecule has 3 aliphatic rings. The Hall–Kier alpha value is -3.66. The lowest BCUT2D eigenvalue weighted by Crippen LogP contribution is -2.31. The molecule has 3 aromatic rings. The van der Waals surface area contributed by atoms with Crippen LogP contribution in [0.5, 0.6) is 0 Å². The quantitative estimate of drug-likeness (QED) is 0.539. The van der Waals surface area contributed by atoms with Crippen molar-refractivity contribution in [3.05, 3.63) is 65.9 Å². The van der Waals surface area contributed by atoms with E-state index in [1.165, 1.54) is 0 Å². The molecule has 1 amide bonds. The van der Waals surface area contributed by atoms with Crippen LogP contribution in [-0.2, 0) is 22.5 Å². The number of amides is 1. The Morgan fingerprint density at radius 1 is 1.11 bits per heavy atom. The molecule has 6 rings (SSSR count). The zero-order valence-corrected chi connectivity index (χ0v) is 19.5. The molecule has 4 atom stereocenters. The van der Waals surface area contributed by atoms with Crippen LogP contribution in [-0.4, -0.2) is 57.4 Å². The van der Waals surface area contributed by atoms with Crippen LogP contribution in [0.2, 0.25) is 0 Å². The van der Waals surface area contributed by atoms with Gasteiger partial charge in [0.05, 0.1) is 24.8 Å². The number of anilines is 2. The van der Waals surface area contributed by atoms with Crippen LogP contribution in [0.15, 0.2) is 59.7 Å². The van der Waals surface area contributed by atoms with Gasteiger partial charge in [0.1, 0.15) is 24.4 Å². The van der Waals surface area contributed by atoms with E-state index in [0.717, 1.165) is 33.6 Å². The molecule has 1 aromatic heterocycles. The molecule has 0 saturated carbocycles. The summed E-state index contributed by atoms with van der Waals surface area (Å²) >= 11 is 0. The van der Waals surface area contributed by atoms with Crippen LogP contribution in [0.25, 0.3) is 11.1 Å². The van der Waals surface area contributed by atoms with Crippen molar-refractivity contribution in [3.8, 4) is 11.1 Å². The molecule has 3 aliphatic heterocycles. The Balaban J connectivity index is 1.33. The highest BCUT2D eigenvalue weighted by atomic mass is 16.6. The first-order valence-electron chi connectivity index (χ1n) is 11.7. The topological polar surface area (TPSA) is 103 Å². The lowest BCUT2D eigenvalue weighted by molar-refractivity contribution is -0.117. The maximum atomic E-state index is 12.0. The van der Waals surface area contributed by atoms with Gasteiger partial charge in [-0.2, -0.15) is 0 Å². The van der Waals surface area contributed by atoms with Crippen molar-refractivity contribution >= 4 is 29.4 Å². The Kier molecular flexibility index (Phi) is 5.14. The molecular weight excluding hydrogens is 446 g/mol. The van der Waals surface area contributed by atoms with E-state index in [0.29, 0.717) is 18.8 Å². The lowest BCUT2D eigenvalue weighted by atomic mass is 10.0. The minimum atomic E-state index is -1.05. The van der Waals surface area contributed by atoms with Crippen LogP contribution in [0.4, 0.5) is 17.2 Å². The molecule has 0 bridgehead atoms. The Morgan fingerprint density at radius 2 is 1.91 bits per heavy atom. The fraction of sp³-hybridized carbons (Fsp3) is 0.308. The molecule has 1 saturated heterocycles. The van der Waals surface area contributed by atoms with E-state index in [2.05, 4.69) is 5.43 Å². The van der Waals surface area contributed by atoms with E-state index in [4.69, 9.17) is 9.73 Å². The minimum Gasteiger partial charge on any atom is -0.388 e. The molecule has 0 spiro atoms. The normalized spacial score (nSPS) is 25.2. The van der Waals surface area contributed by atoms with Crippen molar-refractivity contribution in [2.45, 2.75) is 44.4 Å². The fourth-order valence-electron chi connectivity index (χ4n) is 5.08. The van der Waals surface area contributed by atoms with E-state index < -0.39 is 24.5 Å². The lowest BCUT2D eigenvalue weighted by Gasteiger charge is -2.27. The average Bonchev–Trinajstić information content (AvgIpc) is 3.46. The number of hydrogen-bond acceptors (Lipinski definition) is 7. The van der Waals surface area contributed by atoms with Crippen molar-refractivity contribution < 1.29 is 19.7 Å². The predicted octanol–water partition coefficient (Wildman–Crippen LogP) is 2.82. The van der Waals surface area contributed by atoms with Gasteiger partial charge >= 0.3 is 0 Å². The third-order valence-corrected chi connectivity index (χ3v) is 7.02. The second-order valence-corrected chi connectivity index (χ2v) is 9.29. The summed E-state index contributed by atoms with van der Waals surface area (Å²) in [5.74, 6) is 0.777. The van der Waals surface area contributed by atoms with Crippen molar-refractivity contribution in [2.24, 2.45) is 4.99 Å². The predicted molar refractivity (Wildman–Crippen MR) is 132 cm³/mol. The second-order valence-electron chi connectivity index (χ2n) is 9.29. The zero-order chi connectivity index (χ0) is 24.3. The average molecular weight is 474 g/mol. The van der Waals surface area contributed by atoms with Gasteiger partial charge in [-0.05, 0) is 36.2 Å². The van der Waals surface area contributed by atoms with Crippen LogP contribution < -0.4 is 10.3 Å². The highest BCUT2D eigenvalue weighted by molar-refractivity contribution is 6.01. The number of aliphatic hydroxyl groups excluding tert-OH is 2. The Morgan fingerprint density at radius 3 is 2.66 bits per heavy atom. The minimum absolute atomic E-state index is 0.0888. The molecular formula is C26H27N5O4. The van der Waals surface area contributed by atoms with Crippen LogP contribution in [0.3, 0.4) is 0 Å². The molecule has 180 valence electrons. The van der Waals surface area contributed by atoms with E-state index >= 15 is 0 Å². The van der Waals surface area contributed by atoms with Gasteiger partial charge in [-0.1, -0.05) is 30.3 Å². The molecule has 1 fully saturated rings. The molecule has 0 unspecified atom stereocenters. The molecule has 2 aromatic carbocycles. The summed E-state index contributed by atoms with van der Waals surface area (Å²) in [5.41, 5.74) is 9.17. The van der Waals surface area contributed by atoms with Gasteiger partial charge in [0, 0.05) is 30.1 Å². The third kappa shape index (κ3) is 3.59. The molecule has 9 heteroatoms. The van der Waals surface area contributed by atoms with Crippen LogP contribution >= 0.6 is 0 Å². The van der Waals surface area contributed by atoms with E-state index in [9.17, 15) is 15.0 Å². The first-order valence-corrected chi connectivity index (χ1v) is 11.7. The number of nitrogens with one attached hydrogen (secondary N) is 1. The SMILES string of the molecule is C[C@H]1O[C@@H](n2cc(-c3ccccc3)c3c2N=CN(Nc2ccc4c(c2)CC(=O)N4C)C3)[C@H](O)[C@@H]1O. The molecule has 0 radical (unpaired) electrons. The summed E-state index contributed by atoms with van der Waals surface area (Å²) in [7, 11) is 1.79. The molecule has 3 N–H and O–H groups in total. The smallest absolute Gasteiger partial charge is 0.231 e. The molecule has 35 heavy (non-hydrogen) atoms. The third-order valence-electron chi connectivity index (χ3n) is 7.02. The van der Waals surface area contributed by atoms with E-state index in [1.807, 2.05) is 64.3 Å². The van der Waals surface area contributed by atoms with E-state index in [-0.39, 0.29) is 5.91 Å². The molecule has 9 nitrogen and oxygen atoms in total. The highest BCUT2D eigenvalue weighted by Crippen LogP contribution is 2.41. The number of rotatable bonds is 4. The number of aliphatic hydroxyl groups is 2. The number of aliphatic imine (C=N–C) groups is 1. The number of hydrogen-bond donors (Lipinski definition) is 3. The van der Waals surface area contributed by atoms with Crippen molar-refractivity contribution in [3.63, 3.8) is 0 Å². The summed E-state index contributed by atoms with van der Waals surface area (Å²) in [6.45, 7) is 2.27. The largest absolute Gasteiger partial charge is 0.388 e. The number of carbonyl (C=O) groups excluding carboxylic acids is 1. The van der Waals surface area contributed by atoms with Gasteiger partial charge in [-0.3, -0.25) is 15.2 Å². The summed E-state index contributed by atoms with van der Waals surface area (Å²) in [5, 5.41) is 22.8. The summed E-state index contributed by atoms with van der Waals surface area (Å²) in [4.78, 5) is 18.4. The number of nitrogens with zero attached hydrogens (tertiary/aromatic N) is 4. The van der Waals surface area contributed by atoms with Gasteiger partial charge in [0.15, 0.2) is 6.23 Å². The first-order chi connectivity index (χ1) is 16.9. The van der Waals surface area contributed by atoms with Gasteiger partial charge in [-0.15, -0.1) is 0 Å². The Bertz CT molecular complexity index is 1320. The monoisotopic (exact) mass is 473 g/mol. The van der Waals surface area contributed by atoms with Crippen molar-refractivity contribution in [1.29, 1.82) is 0 Å². The summed E-state index contributed by atoms with van der Waals surface area (Å²) in [6.07, 6.45) is 0.821. The number of aromatic nitrogens is 1. The molecule has 4 heterocycles. The van der Waals surface area contributed by atoms with E-state index in [1.54, 1.807) is 25.2 Å². The zero-order valence-electron chi connectivity index (χ0n) is 19.5. The van der Waals surface area contributed by atoms with Crippen LogP contribution in [0, 0.1) is 0 Å². The van der Waals surface area contributed by atoms with Gasteiger partial charge < -0.3 is 24.4 Å². The number of ether oxygens (including phenoxy) is 1. The standard InChI is InChI=1S/C26H27N5O4/c1-15-23(33)24(34)26(35-15)31-13-19(16-6-4-3-5-7-16)20-12-30(14-27-25(20)31)28-18-8-9-21-17(10-18)11-22(32)29(21)2/h3-10,13-15,23-24,26,28,33-34H,11-12H2,1-2H3/t15-,23-,24-,26-/m1/s1.